The van der Waals surface area contributed by atoms with Crippen LogP contribution in [-0.2, 0) is 6.54 Å². The number of rotatable bonds is 2. The Morgan fingerprint density at radius 3 is 2.60 bits per heavy atom. The van der Waals surface area contributed by atoms with Crippen molar-refractivity contribution in [1.82, 2.24) is 4.90 Å². The Labute approximate surface area is 91.6 Å². The van der Waals surface area contributed by atoms with Gasteiger partial charge in [-0.25, -0.2) is 0 Å². The average Bonchev–Trinajstić information content (AvgIpc) is 2.63. The first kappa shape index (κ1) is 10.2. The minimum atomic E-state index is 0.819. The van der Waals surface area contributed by atoms with Crippen LogP contribution in [0.25, 0.3) is 0 Å². The number of aliphatic imine (C=N–C) groups is 1. The van der Waals surface area contributed by atoms with E-state index in [1.54, 1.807) is 0 Å². The molecule has 1 aliphatic heterocycles. The molecule has 0 amide bonds. The first-order valence-corrected chi connectivity index (χ1v) is 5.56. The summed E-state index contributed by atoms with van der Waals surface area (Å²) in [6, 6.07) is 8.62. The lowest BCUT2D eigenvalue weighted by Crippen LogP contribution is -2.19. The van der Waals surface area contributed by atoms with E-state index in [1.807, 2.05) is 0 Å². The summed E-state index contributed by atoms with van der Waals surface area (Å²) in [6.07, 6.45) is 2.39. The van der Waals surface area contributed by atoms with Gasteiger partial charge in [0.15, 0.2) is 0 Å². The molecule has 1 aromatic carbocycles. The van der Waals surface area contributed by atoms with Gasteiger partial charge in [-0.3, -0.25) is 4.99 Å². The van der Waals surface area contributed by atoms with Crippen LogP contribution in [0, 0.1) is 6.92 Å². The second kappa shape index (κ2) is 4.47. The Kier molecular flexibility index (Phi) is 3.05. The highest BCUT2D eigenvalue weighted by Gasteiger charge is 2.12. The van der Waals surface area contributed by atoms with Crippen LogP contribution in [-0.4, -0.2) is 24.3 Å². The second-order valence-electron chi connectivity index (χ2n) is 4.24. The first-order valence-electron chi connectivity index (χ1n) is 5.56. The summed E-state index contributed by atoms with van der Waals surface area (Å²) in [4.78, 5) is 6.90. The minimum absolute atomic E-state index is 0.819. The van der Waals surface area contributed by atoms with Crippen LogP contribution in [0.5, 0.6) is 0 Å². The van der Waals surface area contributed by atoms with Gasteiger partial charge < -0.3 is 4.90 Å². The van der Waals surface area contributed by atoms with Crippen LogP contribution in [0.15, 0.2) is 29.3 Å². The van der Waals surface area contributed by atoms with E-state index < -0.39 is 0 Å². The van der Waals surface area contributed by atoms with Gasteiger partial charge in [-0.05, 0) is 18.9 Å². The van der Waals surface area contributed by atoms with Gasteiger partial charge >= 0.3 is 0 Å². The Balaban J connectivity index is 2.00. The molecule has 1 heterocycles. The maximum absolute atomic E-state index is 4.65. The number of likely N-dealkylation sites (tertiary alicyclic amines) is 1. The third kappa shape index (κ3) is 2.58. The fourth-order valence-corrected chi connectivity index (χ4v) is 1.87. The molecule has 2 heteroatoms. The fraction of sp³-hybridized carbons (Fsp3) is 0.462. The van der Waals surface area contributed by atoms with Gasteiger partial charge in [0.25, 0.3) is 0 Å². The highest BCUT2D eigenvalue weighted by molar-refractivity contribution is 5.83. The molecular weight excluding hydrogens is 184 g/mol. The molecular formula is C13H18N2. The molecule has 2 nitrogen and oxygen atoms in total. The zero-order valence-electron chi connectivity index (χ0n) is 9.53. The van der Waals surface area contributed by atoms with Crippen molar-refractivity contribution < 1.29 is 0 Å². The van der Waals surface area contributed by atoms with E-state index >= 15 is 0 Å². The molecule has 0 aliphatic carbocycles. The second-order valence-corrected chi connectivity index (χ2v) is 4.24. The first-order chi connectivity index (χ1) is 7.25. The smallest absolute Gasteiger partial charge is 0.0991 e. The lowest BCUT2D eigenvalue weighted by Gasteiger charge is -2.10. The van der Waals surface area contributed by atoms with E-state index in [1.165, 1.54) is 23.4 Å². The van der Waals surface area contributed by atoms with Gasteiger partial charge in [-0.1, -0.05) is 29.8 Å². The van der Waals surface area contributed by atoms with Crippen molar-refractivity contribution in [1.29, 1.82) is 0 Å². The lowest BCUT2D eigenvalue weighted by atomic mass is 10.1. The Morgan fingerprint density at radius 2 is 2.00 bits per heavy atom. The maximum Gasteiger partial charge on any atom is 0.0991 e. The quantitative estimate of drug-likeness (QED) is 0.719. The molecule has 1 fully saturated rings. The Hall–Kier alpha value is -1.31. The molecule has 1 aromatic rings. The standard InChI is InChI=1S/C13H18N2/c1-11-5-7-12(8-6-11)10-14-13-4-3-9-15(13)2/h5-8H,3-4,9-10H2,1-2H3. The van der Waals surface area contributed by atoms with Crippen LogP contribution in [0.3, 0.4) is 0 Å². The summed E-state index contributed by atoms with van der Waals surface area (Å²) in [5, 5.41) is 0. The van der Waals surface area contributed by atoms with Crippen molar-refractivity contribution >= 4 is 5.84 Å². The molecule has 0 radical (unpaired) electrons. The number of nitrogens with zero attached hydrogens (tertiary/aromatic N) is 2. The molecule has 15 heavy (non-hydrogen) atoms. The van der Waals surface area contributed by atoms with Crippen LogP contribution in [0.1, 0.15) is 24.0 Å². The Morgan fingerprint density at radius 1 is 1.27 bits per heavy atom. The predicted molar refractivity (Wildman–Crippen MR) is 64.2 cm³/mol. The van der Waals surface area contributed by atoms with Gasteiger partial charge in [0.05, 0.1) is 12.4 Å². The summed E-state index contributed by atoms with van der Waals surface area (Å²) in [5.74, 6) is 1.26. The summed E-state index contributed by atoms with van der Waals surface area (Å²) in [7, 11) is 2.13. The van der Waals surface area contributed by atoms with Gasteiger partial charge in [0, 0.05) is 20.0 Å². The van der Waals surface area contributed by atoms with Gasteiger partial charge in [0.1, 0.15) is 0 Å². The van der Waals surface area contributed by atoms with Crippen molar-refractivity contribution in [2.24, 2.45) is 4.99 Å². The van der Waals surface area contributed by atoms with Crippen molar-refractivity contribution in [3.63, 3.8) is 0 Å². The van der Waals surface area contributed by atoms with Crippen LogP contribution in [0.2, 0.25) is 0 Å². The largest absolute Gasteiger partial charge is 0.363 e. The van der Waals surface area contributed by atoms with Gasteiger partial charge in [-0.15, -0.1) is 0 Å². The van der Waals surface area contributed by atoms with Crippen LogP contribution >= 0.6 is 0 Å². The predicted octanol–water partition coefficient (Wildman–Crippen LogP) is 2.62. The minimum Gasteiger partial charge on any atom is -0.363 e. The SMILES string of the molecule is Cc1ccc(CN=C2CCCN2C)cc1. The van der Waals surface area contributed by atoms with E-state index in [9.17, 15) is 0 Å². The Bertz CT molecular complexity index is 351. The topological polar surface area (TPSA) is 15.6 Å². The van der Waals surface area contributed by atoms with Crippen LogP contribution < -0.4 is 0 Å². The van der Waals surface area contributed by atoms with Gasteiger partial charge in [-0.2, -0.15) is 0 Å². The number of benzene rings is 1. The van der Waals surface area contributed by atoms with Crippen molar-refractivity contribution in [3.05, 3.63) is 35.4 Å². The molecule has 1 saturated heterocycles. The molecule has 0 bridgehead atoms. The number of hydrogen-bond donors (Lipinski definition) is 0. The van der Waals surface area contributed by atoms with Gasteiger partial charge in [0.2, 0.25) is 0 Å². The molecule has 1 aliphatic rings. The third-order valence-corrected chi connectivity index (χ3v) is 2.90. The van der Waals surface area contributed by atoms with E-state index in [0.717, 1.165) is 19.5 Å². The molecule has 0 N–H and O–H groups in total. The number of aryl methyl sites for hydroxylation is 1. The molecule has 0 aromatic heterocycles. The maximum atomic E-state index is 4.65. The summed E-state index contributed by atoms with van der Waals surface area (Å²) < 4.78 is 0. The molecule has 0 atom stereocenters. The van der Waals surface area contributed by atoms with Crippen molar-refractivity contribution in [2.45, 2.75) is 26.3 Å². The zero-order chi connectivity index (χ0) is 10.7. The normalized spacial score (nSPS) is 18.8. The zero-order valence-corrected chi connectivity index (χ0v) is 9.53. The average molecular weight is 202 g/mol. The summed E-state index contributed by atoms with van der Waals surface area (Å²) in [6.45, 7) is 4.09. The van der Waals surface area contributed by atoms with E-state index in [2.05, 4.69) is 48.1 Å². The van der Waals surface area contributed by atoms with E-state index in [-0.39, 0.29) is 0 Å². The highest BCUT2D eigenvalue weighted by Crippen LogP contribution is 2.11. The summed E-state index contributed by atoms with van der Waals surface area (Å²) >= 11 is 0. The van der Waals surface area contributed by atoms with Crippen molar-refractivity contribution in [3.8, 4) is 0 Å². The highest BCUT2D eigenvalue weighted by atomic mass is 15.2. The molecule has 0 spiro atoms. The van der Waals surface area contributed by atoms with Crippen LogP contribution in [0.4, 0.5) is 0 Å². The molecule has 80 valence electrons. The molecule has 0 saturated carbocycles. The third-order valence-electron chi connectivity index (χ3n) is 2.90. The van der Waals surface area contributed by atoms with E-state index in [0.29, 0.717) is 0 Å². The number of amidine groups is 1. The van der Waals surface area contributed by atoms with Crippen molar-refractivity contribution in [2.75, 3.05) is 13.6 Å². The molecule has 2 rings (SSSR count). The lowest BCUT2D eigenvalue weighted by molar-refractivity contribution is 0.547. The number of hydrogen-bond acceptors (Lipinski definition) is 1. The molecule has 0 unspecified atom stereocenters. The summed E-state index contributed by atoms with van der Waals surface area (Å²) in [5.41, 5.74) is 2.61. The fourth-order valence-electron chi connectivity index (χ4n) is 1.87. The van der Waals surface area contributed by atoms with E-state index in [4.69, 9.17) is 0 Å². The monoisotopic (exact) mass is 202 g/mol.